The summed E-state index contributed by atoms with van der Waals surface area (Å²) in [6.45, 7) is 6.11. The third kappa shape index (κ3) is 2.98. The molecule has 0 saturated heterocycles. The highest BCUT2D eigenvalue weighted by molar-refractivity contribution is 5.49. The van der Waals surface area contributed by atoms with Gasteiger partial charge in [-0.05, 0) is 24.5 Å². The van der Waals surface area contributed by atoms with E-state index in [1.807, 2.05) is 6.92 Å². The first kappa shape index (κ1) is 14.4. The summed E-state index contributed by atoms with van der Waals surface area (Å²) in [4.78, 5) is 10.4. The Bertz CT molecular complexity index is 422. The van der Waals surface area contributed by atoms with Gasteiger partial charge in [-0.25, -0.2) is 0 Å². The second-order valence-corrected chi connectivity index (χ2v) is 4.82. The first-order valence-electron chi connectivity index (χ1n) is 5.96. The van der Waals surface area contributed by atoms with Crippen LogP contribution in [0.25, 0.3) is 0 Å². The van der Waals surface area contributed by atoms with Gasteiger partial charge in [0.1, 0.15) is 0 Å². The molecule has 0 bridgehead atoms. The molecule has 0 saturated carbocycles. The van der Waals surface area contributed by atoms with Gasteiger partial charge < -0.3 is 10.5 Å². The number of nitro benzene ring substituents is 1. The molecule has 1 aromatic rings. The summed E-state index contributed by atoms with van der Waals surface area (Å²) >= 11 is 0. The molecule has 0 heterocycles. The summed E-state index contributed by atoms with van der Waals surface area (Å²) in [6.07, 6.45) is 0. The van der Waals surface area contributed by atoms with Crippen molar-refractivity contribution in [3.05, 3.63) is 33.9 Å². The molecular formula is C13H20N2O3. The second kappa shape index (κ2) is 5.82. The zero-order valence-electron chi connectivity index (χ0n) is 11.2. The summed E-state index contributed by atoms with van der Waals surface area (Å²) in [6, 6.07) is 4.93. The van der Waals surface area contributed by atoms with E-state index >= 15 is 0 Å². The number of hydrogen-bond donors (Lipinski definition) is 1. The minimum absolute atomic E-state index is 0.0174. The quantitative estimate of drug-likeness (QED) is 0.645. The van der Waals surface area contributed by atoms with Gasteiger partial charge in [-0.3, -0.25) is 10.1 Å². The first-order chi connectivity index (χ1) is 8.38. The van der Waals surface area contributed by atoms with Crippen LogP contribution >= 0.6 is 0 Å². The molecular weight excluding hydrogens is 232 g/mol. The van der Waals surface area contributed by atoms with Crippen molar-refractivity contribution < 1.29 is 9.66 Å². The van der Waals surface area contributed by atoms with Gasteiger partial charge in [-0.15, -0.1) is 0 Å². The Balaban J connectivity index is 3.22. The van der Waals surface area contributed by atoms with E-state index in [1.54, 1.807) is 12.1 Å². The maximum absolute atomic E-state index is 10.8. The molecule has 0 amide bonds. The Morgan fingerprint density at radius 3 is 2.33 bits per heavy atom. The molecule has 1 aromatic carbocycles. The monoisotopic (exact) mass is 252 g/mol. The molecule has 100 valence electrons. The first-order valence-corrected chi connectivity index (χ1v) is 5.96. The lowest BCUT2D eigenvalue weighted by atomic mass is 9.83. The van der Waals surface area contributed by atoms with Crippen LogP contribution in [0, 0.1) is 16.0 Å². The highest BCUT2D eigenvalue weighted by atomic mass is 16.6. The SMILES string of the molecule is COc1cc(C(C(C)C)C(C)N)ccc1[N+](=O)[O-]. The molecule has 2 N–H and O–H groups in total. The molecule has 2 unspecified atom stereocenters. The van der Waals surface area contributed by atoms with E-state index in [2.05, 4.69) is 13.8 Å². The number of methoxy groups -OCH3 is 1. The largest absolute Gasteiger partial charge is 0.490 e. The van der Waals surface area contributed by atoms with Crippen molar-refractivity contribution in [2.75, 3.05) is 7.11 Å². The van der Waals surface area contributed by atoms with Crippen LogP contribution in [0.2, 0.25) is 0 Å². The topological polar surface area (TPSA) is 78.4 Å². The number of hydrogen-bond acceptors (Lipinski definition) is 4. The van der Waals surface area contributed by atoms with Gasteiger partial charge in [0.2, 0.25) is 0 Å². The van der Waals surface area contributed by atoms with Crippen LogP contribution in [0.4, 0.5) is 5.69 Å². The molecule has 0 aliphatic carbocycles. The van der Waals surface area contributed by atoms with E-state index < -0.39 is 4.92 Å². The number of benzene rings is 1. The minimum Gasteiger partial charge on any atom is -0.490 e. The fraction of sp³-hybridized carbons (Fsp3) is 0.538. The van der Waals surface area contributed by atoms with E-state index in [0.29, 0.717) is 5.92 Å². The van der Waals surface area contributed by atoms with E-state index in [4.69, 9.17) is 10.5 Å². The number of nitrogens with zero attached hydrogens (tertiary/aromatic N) is 1. The lowest BCUT2D eigenvalue weighted by molar-refractivity contribution is -0.385. The van der Waals surface area contributed by atoms with E-state index in [-0.39, 0.29) is 23.4 Å². The average Bonchev–Trinajstić information content (AvgIpc) is 2.27. The second-order valence-electron chi connectivity index (χ2n) is 4.82. The predicted octanol–water partition coefficient (Wildman–Crippen LogP) is 2.69. The molecule has 0 fully saturated rings. The van der Waals surface area contributed by atoms with Gasteiger partial charge >= 0.3 is 5.69 Å². The summed E-state index contributed by atoms with van der Waals surface area (Å²) < 4.78 is 5.07. The molecule has 18 heavy (non-hydrogen) atoms. The normalized spacial score (nSPS) is 14.3. The van der Waals surface area contributed by atoms with Crippen LogP contribution < -0.4 is 10.5 Å². The van der Waals surface area contributed by atoms with Crippen LogP contribution in [0.3, 0.4) is 0 Å². The van der Waals surface area contributed by atoms with Crippen LogP contribution in [0.15, 0.2) is 18.2 Å². The number of nitrogens with two attached hydrogens (primary N) is 1. The van der Waals surface area contributed by atoms with Gasteiger partial charge in [-0.1, -0.05) is 19.9 Å². The van der Waals surface area contributed by atoms with Crippen LogP contribution in [0.5, 0.6) is 5.75 Å². The molecule has 0 radical (unpaired) electrons. The summed E-state index contributed by atoms with van der Waals surface area (Å²) in [5, 5.41) is 10.8. The van der Waals surface area contributed by atoms with Crippen molar-refractivity contribution in [1.29, 1.82) is 0 Å². The number of nitro groups is 1. The van der Waals surface area contributed by atoms with Gasteiger partial charge in [0.15, 0.2) is 5.75 Å². The van der Waals surface area contributed by atoms with Gasteiger partial charge in [0.25, 0.3) is 0 Å². The Labute approximate surface area is 107 Å². The number of rotatable bonds is 5. The molecule has 0 aromatic heterocycles. The third-order valence-electron chi connectivity index (χ3n) is 3.07. The Hall–Kier alpha value is -1.62. The van der Waals surface area contributed by atoms with Crippen molar-refractivity contribution in [2.45, 2.75) is 32.7 Å². The third-order valence-corrected chi connectivity index (χ3v) is 3.07. The lowest BCUT2D eigenvalue weighted by Crippen LogP contribution is -2.28. The van der Waals surface area contributed by atoms with Crippen molar-refractivity contribution >= 4 is 5.69 Å². The van der Waals surface area contributed by atoms with Crippen molar-refractivity contribution in [2.24, 2.45) is 11.7 Å². The van der Waals surface area contributed by atoms with Crippen LogP contribution in [-0.4, -0.2) is 18.1 Å². The Morgan fingerprint density at radius 1 is 1.33 bits per heavy atom. The van der Waals surface area contributed by atoms with Crippen LogP contribution in [-0.2, 0) is 0 Å². The van der Waals surface area contributed by atoms with E-state index in [0.717, 1.165) is 5.56 Å². The molecule has 0 spiro atoms. The predicted molar refractivity (Wildman–Crippen MR) is 70.9 cm³/mol. The molecule has 5 heteroatoms. The van der Waals surface area contributed by atoms with Crippen molar-refractivity contribution in [1.82, 2.24) is 0 Å². The zero-order chi connectivity index (χ0) is 13.9. The molecule has 0 aliphatic heterocycles. The zero-order valence-corrected chi connectivity index (χ0v) is 11.2. The van der Waals surface area contributed by atoms with E-state index in [9.17, 15) is 10.1 Å². The fourth-order valence-electron chi connectivity index (χ4n) is 2.35. The van der Waals surface area contributed by atoms with Gasteiger partial charge in [0.05, 0.1) is 12.0 Å². The van der Waals surface area contributed by atoms with Crippen LogP contribution in [0.1, 0.15) is 32.3 Å². The van der Waals surface area contributed by atoms with Gasteiger partial charge in [-0.2, -0.15) is 0 Å². The smallest absolute Gasteiger partial charge is 0.310 e. The highest BCUT2D eigenvalue weighted by Gasteiger charge is 2.23. The van der Waals surface area contributed by atoms with Crippen molar-refractivity contribution in [3.8, 4) is 5.75 Å². The number of ether oxygens (including phenoxy) is 1. The minimum atomic E-state index is -0.446. The Kier molecular flexibility index (Phi) is 4.67. The maximum atomic E-state index is 10.8. The Morgan fingerprint density at radius 2 is 1.94 bits per heavy atom. The summed E-state index contributed by atoms with van der Waals surface area (Å²) in [7, 11) is 1.43. The molecule has 1 rings (SSSR count). The highest BCUT2D eigenvalue weighted by Crippen LogP contribution is 2.34. The van der Waals surface area contributed by atoms with Gasteiger partial charge in [0, 0.05) is 18.0 Å². The summed E-state index contributed by atoms with van der Waals surface area (Å²) in [5.41, 5.74) is 6.94. The maximum Gasteiger partial charge on any atom is 0.310 e. The lowest BCUT2D eigenvalue weighted by Gasteiger charge is -2.25. The van der Waals surface area contributed by atoms with Crippen molar-refractivity contribution in [3.63, 3.8) is 0 Å². The standard InChI is InChI=1S/C13H20N2O3/c1-8(2)13(9(3)14)10-5-6-11(15(16)17)12(7-10)18-4/h5-9,13H,14H2,1-4H3. The average molecular weight is 252 g/mol. The summed E-state index contributed by atoms with van der Waals surface area (Å²) in [5.74, 6) is 0.791. The fourth-order valence-corrected chi connectivity index (χ4v) is 2.35. The molecule has 0 aliphatic rings. The van der Waals surface area contributed by atoms with E-state index in [1.165, 1.54) is 13.2 Å². The molecule has 2 atom stereocenters. The molecule has 5 nitrogen and oxygen atoms in total.